The molecule has 0 saturated heterocycles. The first-order valence-electron chi connectivity index (χ1n) is 4.19. The third-order valence-electron chi connectivity index (χ3n) is 1.72. The molecule has 0 fully saturated rings. The first-order chi connectivity index (χ1) is 6.74. The van der Waals surface area contributed by atoms with E-state index in [0.717, 1.165) is 5.56 Å². The van der Waals surface area contributed by atoms with Crippen LogP contribution in [0.2, 0.25) is 0 Å². The third kappa shape index (κ3) is 3.23. The second-order valence-electron chi connectivity index (χ2n) is 2.69. The van der Waals surface area contributed by atoms with Gasteiger partial charge < -0.3 is 4.74 Å². The van der Waals surface area contributed by atoms with Crippen LogP contribution in [0.1, 0.15) is 10.9 Å². The average Bonchev–Trinajstić information content (AvgIpc) is 2.26. The summed E-state index contributed by atoms with van der Waals surface area (Å²) >= 11 is 6.01. The highest BCUT2D eigenvalue weighted by molar-refractivity contribution is 6.22. The highest BCUT2D eigenvalue weighted by atomic mass is 35.5. The average molecular weight is 211 g/mol. The van der Waals surface area contributed by atoms with Crippen LogP contribution in [0.3, 0.4) is 0 Å². The van der Waals surface area contributed by atoms with E-state index >= 15 is 0 Å². The molecule has 1 aromatic carbocycles. The Labute approximate surface area is 88.1 Å². The summed E-state index contributed by atoms with van der Waals surface area (Å²) < 4.78 is 4.45. The van der Waals surface area contributed by atoms with Crippen LogP contribution in [0.5, 0.6) is 0 Å². The molecule has 0 bridgehead atoms. The summed E-state index contributed by atoms with van der Waals surface area (Å²) in [5, 5.41) is -0.296. The van der Waals surface area contributed by atoms with Crippen molar-refractivity contribution in [3.63, 3.8) is 0 Å². The molecule has 14 heavy (non-hydrogen) atoms. The van der Waals surface area contributed by atoms with Crippen LogP contribution in [0, 0.1) is 0 Å². The van der Waals surface area contributed by atoms with Crippen LogP contribution >= 0.6 is 11.6 Å². The molecule has 3 heteroatoms. The lowest BCUT2D eigenvalue weighted by atomic mass is 10.1. The fourth-order valence-electron chi connectivity index (χ4n) is 0.979. The number of alkyl halides is 1. The monoisotopic (exact) mass is 210 g/mol. The van der Waals surface area contributed by atoms with Crippen LogP contribution in [-0.4, -0.2) is 13.1 Å². The number of halogens is 1. The van der Waals surface area contributed by atoms with E-state index in [4.69, 9.17) is 11.6 Å². The molecule has 0 spiro atoms. The van der Waals surface area contributed by atoms with Crippen molar-refractivity contribution in [1.29, 1.82) is 0 Å². The van der Waals surface area contributed by atoms with Crippen molar-refractivity contribution in [1.82, 2.24) is 0 Å². The molecule has 1 aromatic rings. The van der Waals surface area contributed by atoms with Crippen LogP contribution in [0.4, 0.5) is 0 Å². The molecule has 1 unspecified atom stereocenters. The molecule has 74 valence electrons. The lowest BCUT2D eigenvalue weighted by Crippen LogP contribution is -1.95. The van der Waals surface area contributed by atoms with Gasteiger partial charge in [-0.1, -0.05) is 36.4 Å². The topological polar surface area (TPSA) is 26.3 Å². The van der Waals surface area contributed by atoms with E-state index < -0.39 is 5.97 Å². The number of rotatable bonds is 3. The number of hydrogen-bond donors (Lipinski definition) is 0. The second-order valence-corrected chi connectivity index (χ2v) is 3.16. The molecule has 0 aliphatic carbocycles. The normalized spacial score (nSPS) is 12.7. The van der Waals surface area contributed by atoms with E-state index in [1.165, 1.54) is 13.2 Å². The zero-order valence-corrected chi connectivity index (χ0v) is 8.57. The Hall–Kier alpha value is -1.28. The van der Waals surface area contributed by atoms with Crippen molar-refractivity contribution in [3.05, 3.63) is 48.0 Å². The van der Waals surface area contributed by atoms with Gasteiger partial charge in [-0.2, -0.15) is 0 Å². The summed E-state index contributed by atoms with van der Waals surface area (Å²) in [7, 11) is 1.33. The molecule has 0 aromatic heterocycles. The summed E-state index contributed by atoms with van der Waals surface area (Å²) in [6.07, 6.45) is 2.92. The van der Waals surface area contributed by atoms with Gasteiger partial charge in [0.2, 0.25) is 0 Å². The molecule has 0 radical (unpaired) electrons. The molecular weight excluding hydrogens is 200 g/mol. The number of benzene rings is 1. The maximum Gasteiger partial charge on any atom is 0.330 e. The molecule has 2 nitrogen and oxygen atoms in total. The molecule has 0 N–H and O–H groups in total. The highest BCUT2D eigenvalue weighted by Crippen LogP contribution is 2.20. The van der Waals surface area contributed by atoms with E-state index in [-0.39, 0.29) is 5.38 Å². The summed E-state index contributed by atoms with van der Waals surface area (Å²) in [6.45, 7) is 0. The van der Waals surface area contributed by atoms with E-state index in [1.807, 2.05) is 30.3 Å². The summed E-state index contributed by atoms with van der Waals surface area (Å²) in [4.78, 5) is 10.8. The van der Waals surface area contributed by atoms with Gasteiger partial charge in [0, 0.05) is 6.08 Å². The Morgan fingerprint density at radius 2 is 2.07 bits per heavy atom. The maximum absolute atomic E-state index is 10.8. The number of allylic oxidation sites excluding steroid dienone is 1. The molecular formula is C11H11ClO2. The third-order valence-corrected chi connectivity index (χ3v) is 2.12. The minimum absolute atomic E-state index is 0.296. The van der Waals surface area contributed by atoms with Gasteiger partial charge in [-0.25, -0.2) is 4.79 Å². The predicted molar refractivity (Wildman–Crippen MR) is 56.2 cm³/mol. The first-order valence-corrected chi connectivity index (χ1v) is 4.63. The Morgan fingerprint density at radius 3 is 2.64 bits per heavy atom. The largest absolute Gasteiger partial charge is 0.466 e. The van der Waals surface area contributed by atoms with Gasteiger partial charge in [0.15, 0.2) is 0 Å². The minimum atomic E-state index is -0.397. The smallest absolute Gasteiger partial charge is 0.330 e. The van der Waals surface area contributed by atoms with Crippen LogP contribution in [0.25, 0.3) is 0 Å². The summed E-state index contributed by atoms with van der Waals surface area (Å²) in [6, 6.07) is 9.52. The SMILES string of the molecule is COC(=O)/C=C/C(Cl)c1ccccc1. The number of carbonyl (C=O) groups is 1. The maximum atomic E-state index is 10.8. The van der Waals surface area contributed by atoms with Gasteiger partial charge in [0.1, 0.15) is 0 Å². The van der Waals surface area contributed by atoms with Gasteiger partial charge >= 0.3 is 5.97 Å². The molecule has 0 aliphatic rings. The van der Waals surface area contributed by atoms with Crippen molar-refractivity contribution < 1.29 is 9.53 Å². The zero-order valence-electron chi connectivity index (χ0n) is 7.81. The number of ether oxygens (including phenoxy) is 1. The van der Waals surface area contributed by atoms with Crippen molar-refractivity contribution >= 4 is 17.6 Å². The Kier molecular flexibility index (Phi) is 4.20. The number of carbonyl (C=O) groups excluding carboxylic acids is 1. The number of esters is 1. The number of hydrogen-bond acceptors (Lipinski definition) is 2. The fourth-order valence-corrected chi connectivity index (χ4v) is 1.20. The van der Waals surface area contributed by atoms with Gasteiger partial charge in [-0.3, -0.25) is 0 Å². The fraction of sp³-hybridized carbons (Fsp3) is 0.182. The van der Waals surface area contributed by atoms with Gasteiger partial charge in [0.05, 0.1) is 12.5 Å². The van der Waals surface area contributed by atoms with E-state index in [9.17, 15) is 4.79 Å². The predicted octanol–water partition coefficient (Wildman–Crippen LogP) is 2.70. The molecule has 0 saturated carbocycles. The summed E-state index contributed by atoms with van der Waals surface area (Å²) in [5.41, 5.74) is 0.953. The zero-order chi connectivity index (χ0) is 10.4. The Bertz CT molecular complexity index is 319. The molecule has 0 amide bonds. The van der Waals surface area contributed by atoms with Crippen molar-refractivity contribution in [2.75, 3.05) is 7.11 Å². The number of methoxy groups -OCH3 is 1. The first kappa shape index (κ1) is 10.8. The van der Waals surface area contributed by atoms with E-state index in [0.29, 0.717) is 0 Å². The van der Waals surface area contributed by atoms with Gasteiger partial charge in [0.25, 0.3) is 0 Å². The van der Waals surface area contributed by atoms with Gasteiger partial charge in [-0.05, 0) is 5.56 Å². The van der Waals surface area contributed by atoms with E-state index in [2.05, 4.69) is 4.74 Å². The molecule has 1 atom stereocenters. The van der Waals surface area contributed by atoms with Crippen molar-refractivity contribution in [3.8, 4) is 0 Å². The van der Waals surface area contributed by atoms with Crippen LogP contribution < -0.4 is 0 Å². The van der Waals surface area contributed by atoms with Crippen LogP contribution in [-0.2, 0) is 9.53 Å². The summed E-state index contributed by atoms with van der Waals surface area (Å²) in [5.74, 6) is -0.397. The lowest BCUT2D eigenvalue weighted by Gasteiger charge is -2.02. The second kappa shape index (κ2) is 5.45. The Balaban J connectivity index is 2.63. The van der Waals surface area contributed by atoms with Crippen molar-refractivity contribution in [2.24, 2.45) is 0 Å². The molecule has 1 rings (SSSR count). The standard InChI is InChI=1S/C11H11ClO2/c1-14-11(13)8-7-10(12)9-5-3-2-4-6-9/h2-8,10H,1H3/b8-7+. The quantitative estimate of drug-likeness (QED) is 0.436. The van der Waals surface area contributed by atoms with Gasteiger partial charge in [-0.15, -0.1) is 11.6 Å². The minimum Gasteiger partial charge on any atom is -0.466 e. The van der Waals surface area contributed by atoms with E-state index in [1.54, 1.807) is 6.08 Å². The Morgan fingerprint density at radius 1 is 1.43 bits per heavy atom. The van der Waals surface area contributed by atoms with Crippen LogP contribution in [0.15, 0.2) is 42.5 Å². The van der Waals surface area contributed by atoms with Crippen molar-refractivity contribution in [2.45, 2.75) is 5.38 Å². The molecule has 0 heterocycles. The highest BCUT2D eigenvalue weighted by Gasteiger charge is 2.02. The lowest BCUT2D eigenvalue weighted by molar-refractivity contribution is -0.134. The molecule has 0 aliphatic heterocycles.